The predicted molar refractivity (Wildman–Crippen MR) is 12.8 cm³/mol. The Morgan fingerprint density at radius 3 is 1.25 bits per heavy atom. The Morgan fingerprint density at radius 2 is 1.25 bits per heavy atom. The van der Waals surface area contributed by atoms with Crippen LogP contribution in [0.25, 0.3) is 0 Å². The third kappa shape index (κ3) is 36.3. The van der Waals surface area contributed by atoms with E-state index in [1.165, 1.54) is 0 Å². The van der Waals surface area contributed by atoms with Crippen LogP contribution in [0, 0.1) is 10.5 Å². The number of nitrogens with one attached hydrogen (secondary N) is 1. The summed E-state index contributed by atoms with van der Waals surface area (Å²) in [4.78, 5) is 7.50. The van der Waals surface area contributed by atoms with Crippen LogP contribution in [0.3, 0.4) is 0 Å². The third-order valence-electron chi connectivity index (χ3n) is 0. The number of hydrogen-bond acceptors (Lipinski definition) is 2. The average Bonchev–Trinajstić information content (AvgIpc) is 1.00. The van der Waals surface area contributed by atoms with Crippen LogP contribution in [-0.2, 0) is 22.4 Å². The summed E-state index contributed by atoms with van der Waals surface area (Å²) in [5, 5.41) is 0. The van der Waals surface area contributed by atoms with Gasteiger partial charge in [0.05, 0.1) is 0 Å². The van der Waals surface area contributed by atoms with Crippen molar-refractivity contribution in [3.8, 4) is 0 Å². The number of nitroso groups, excluding NO2 is 1. The Morgan fingerprint density at radius 1 is 1.25 bits per heavy atom. The van der Waals surface area contributed by atoms with E-state index >= 15 is 0 Å². The summed E-state index contributed by atoms with van der Waals surface area (Å²) in [5.74, 6) is 0. The maximum Gasteiger partial charge on any atom is 0 e. The summed E-state index contributed by atoms with van der Waals surface area (Å²) in [6.45, 7) is 0. The van der Waals surface area contributed by atoms with E-state index in [-0.39, 0.29) is 29.8 Å². The van der Waals surface area contributed by atoms with E-state index in [1.54, 1.807) is 0 Å². The van der Waals surface area contributed by atoms with E-state index in [2.05, 4.69) is 5.59 Å². The minimum atomic E-state index is 0. The fourth-order valence-corrected chi connectivity index (χ4v) is 0. The molecule has 1 radical (unpaired) electrons. The molecule has 0 spiro atoms. The molecule has 0 aliphatic heterocycles. The minimum absolute atomic E-state index is 0. The first-order chi connectivity index (χ1) is 1.00. The monoisotopic (exact) mass is 140 g/mol. The molecule has 1 N–H and O–H groups in total. The molecule has 0 amide bonds. The van der Waals surface area contributed by atoms with Gasteiger partial charge in [-0.1, -0.05) is 13.0 Å². The maximum atomic E-state index is 7.50. The van der Waals surface area contributed by atoms with Gasteiger partial charge in [-0.15, -0.1) is 0 Å². The van der Waals surface area contributed by atoms with Crippen LogP contribution in [0.2, 0.25) is 0 Å². The van der Waals surface area contributed by atoms with Gasteiger partial charge in [0.15, 0.2) is 0 Å². The molecule has 0 heterocycles. The van der Waals surface area contributed by atoms with Crippen LogP contribution >= 0.6 is 0 Å². The maximum absolute atomic E-state index is 7.50. The molecule has 0 saturated carbocycles. The first kappa shape index (κ1) is 27.0. The van der Waals surface area contributed by atoms with Crippen molar-refractivity contribution in [3.05, 3.63) is 4.91 Å². The second-order valence-corrected chi connectivity index (χ2v) is 0. The molecule has 3 heteroatoms. The molecule has 0 unspecified atom stereocenters. The van der Waals surface area contributed by atoms with Crippen LogP contribution in [-0.4, -0.2) is 0 Å². The quantitative estimate of drug-likeness (QED) is 0.395. The molecule has 4 heavy (non-hydrogen) atoms. The largest absolute Gasteiger partial charge is 0.154 e. The van der Waals surface area contributed by atoms with E-state index in [0.29, 0.717) is 0 Å². The molecule has 0 aromatic carbocycles. The van der Waals surface area contributed by atoms with Crippen molar-refractivity contribution in [2.45, 2.75) is 7.43 Å². The summed E-state index contributed by atoms with van der Waals surface area (Å²) in [7, 11) is 0. The first-order valence-electron chi connectivity index (χ1n) is 0.204. The van der Waals surface area contributed by atoms with E-state index in [4.69, 9.17) is 4.91 Å². The molecule has 25 valence electrons. The van der Waals surface area contributed by atoms with Gasteiger partial charge in [0, 0.05) is 22.4 Å². The van der Waals surface area contributed by atoms with Crippen LogP contribution in [0.5, 0.6) is 0 Å². The third-order valence-corrected chi connectivity index (χ3v) is 0. The average molecular weight is 140 g/mol. The Labute approximate surface area is 40.9 Å². The standard InChI is InChI=1S/CH4.HNO.Nb/c;1-2;/h1H4;1H;. The zero-order chi connectivity index (χ0) is 2.00. The SMILES string of the molecule is C.N=O.[Nb]. The van der Waals surface area contributed by atoms with Gasteiger partial charge in [0.1, 0.15) is 0 Å². The Hall–Kier alpha value is 0.340. The molecule has 0 bridgehead atoms. The van der Waals surface area contributed by atoms with Crippen molar-refractivity contribution >= 4 is 0 Å². The van der Waals surface area contributed by atoms with Crippen molar-refractivity contribution < 1.29 is 22.4 Å². The summed E-state index contributed by atoms with van der Waals surface area (Å²) in [6, 6.07) is 0. The summed E-state index contributed by atoms with van der Waals surface area (Å²) in [5.41, 5.74) is 4.50. The minimum Gasteiger partial charge on any atom is -0.154 e. The molecule has 0 rings (SSSR count). The second-order valence-electron chi connectivity index (χ2n) is 0. The summed E-state index contributed by atoms with van der Waals surface area (Å²) in [6.07, 6.45) is 0. The zero-order valence-electron chi connectivity index (χ0n) is 1.36. The van der Waals surface area contributed by atoms with Gasteiger partial charge in [0.25, 0.3) is 0 Å². The number of hydrogen-bond donors (Lipinski definition) is 1. The van der Waals surface area contributed by atoms with Gasteiger partial charge >= 0.3 is 0 Å². The van der Waals surface area contributed by atoms with E-state index in [9.17, 15) is 0 Å². The Kier molecular flexibility index (Phi) is 1060. The van der Waals surface area contributed by atoms with Crippen LogP contribution in [0.15, 0.2) is 0 Å². The molecule has 0 aromatic heterocycles. The fraction of sp³-hybridized carbons (Fsp3) is 1.00. The van der Waals surface area contributed by atoms with Crippen LogP contribution in [0.1, 0.15) is 7.43 Å². The topological polar surface area (TPSA) is 40.9 Å². The number of rotatable bonds is 0. The van der Waals surface area contributed by atoms with E-state index < -0.39 is 0 Å². The molecular weight excluding hydrogens is 135 g/mol. The van der Waals surface area contributed by atoms with Crippen molar-refractivity contribution in [1.82, 2.24) is 0 Å². The zero-order valence-corrected chi connectivity index (χ0v) is 3.55. The van der Waals surface area contributed by atoms with Gasteiger partial charge < -0.3 is 0 Å². The molecule has 0 saturated heterocycles. The molecule has 0 aliphatic rings. The normalized spacial score (nSPS) is 1.00. The van der Waals surface area contributed by atoms with Crippen LogP contribution < -0.4 is 0 Å². The molecule has 2 nitrogen and oxygen atoms in total. The molecular formula is CH5NNbO. The molecule has 0 atom stereocenters. The van der Waals surface area contributed by atoms with Gasteiger partial charge in [-0.25, -0.2) is 0 Å². The summed E-state index contributed by atoms with van der Waals surface area (Å²) < 4.78 is 0. The predicted octanol–water partition coefficient (Wildman–Crippen LogP) is 0.965. The molecule has 0 aromatic rings. The van der Waals surface area contributed by atoms with Gasteiger partial charge in [-0.2, -0.15) is 4.91 Å². The Balaban J connectivity index is -0.00000000500. The second kappa shape index (κ2) is 158. The summed E-state index contributed by atoms with van der Waals surface area (Å²) >= 11 is 0. The van der Waals surface area contributed by atoms with Crippen molar-refractivity contribution in [2.24, 2.45) is 0 Å². The van der Waals surface area contributed by atoms with Crippen LogP contribution in [0.4, 0.5) is 0 Å². The van der Waals surface area contributed by atoms with Crippen molar-refractivity contribution in [3.63, 3.8) is 0 Å². The van der Waals surface area contributed by atoms with Crippen molar-refractivity contribution in [2.75, 3.05) is 0 Å². The molecule has 0 aliphatic carbocycles. The van der Waals surface area contributed by atoms with Gasteiger partial charge in [-0.3, -0.25) is 0 Å². The van der Waals surface area contributed by atoms with E-state index in [0.717, 1.165) is 0 Å². The first-order valence-corrected chi connectivity index (χ1v) is 0.204. The van der Waals surface area contributed by atoms with Crippen molar-refractivity contribution in [1.29, 1.82) is 5.59 Å². The van der Waals surface area contributed by atoms with Gasteiger partial charge in [-0.05, 0) is 0 Å². The van der Waals surface area contributed by atoms with E-state index in [1.807, 2.05) is 0 Å². The molecule has 0 fully saturated rings. The Bertz CT molecular complexity index is 8.00. The van der Waals surface area contributed by atoms with Gasteiger partial charge in [0.2, 0.25) is 0 Å². The smallest absolute Gasteiger partial charge is 0 e. The fourth-order valence-electron chi connectivity index (χ4n) is 0.